The lowest BCUT2D eigenvalue weighted by atomic mass is 9.82. The second-order valence-electron chi connectivity index (χ2n) is 10.3. The van der Waals surface area contributed by atoms with Gasteiger partial charge in [0.15, 0.2) is 9.84 Å². The van der Waals surface area contributed by atoms with Crippen LogP contribution in [-0.2, 0) is 38.8 Å². The van der Waals surface area contributed by atoms with Crippen LogP contribution in [0.25, 0.3) is 0 Å². The topological polar surface area (TPSA) is 129 Å². The average molecular weight is 621 g/mol. The zero-order chi connectivity index (χ0) is 31.1. The van der Waals surface area contributed by atoms with Gasteiger partial charge in [-0.3, -0.25) is 9.59 Å². The maximum absolute atomic E-state index is 13.6. The summed E-state index contributed by atoms with van der Waals surface area (Å²) in [6, 6.07) is 4.98. The number of aromatic nitrogens is 2. The van der Waals surface area contributed by atoms with Gasteiger partial charge in [-0.15, -0.1) is 0 Å². The van der Waals surface area contributed by atoms with E-state index in [-0.39, 0.29) is 62.7 Å². The second kappa shape index (κ2) is 14.3. The van der Waals surface area contributed by atoms with Crippen LogP contribution in [0.5, 0.6) is 5.75 Å². The van der Waals surface area contributed by atoms with Crippen molar-refractivity contribution in [2.45, 2.75) is 71.5 Å². The molecule has 0 spiro atoms. The molecule has 2 aromatic rings. The van der Waals surface area contributed by atoms with Crippen molar-refractivity contribution in [2.75, 3.05) is 35.9 Å². The molecular weight excluding hydrogens is 584 g/mol. The van der Waals surface area contributed by atoms with Gasteiger partial charge in [0.25, 0.3) is 5.91 Å². The molecular formula is C27H36F4N4O6S. The van der Waals surface area contributed by atoms with Gasteiger partial charge < -0.3 is 20.1 Å². The summed E-state index contributed by atoms with van der Waals surface area (Å²) >= 11 is 0. The molecule has 1 saturated carbocycles. The second-order valence-corrected chi connectivity index (χ2v) is 12.5. The maximum Gasteiger partial charge on any atom is 0.345 e. The predicted octanol–water partition coefficient (Wildman–Crippen LogP) is 4.69. The largest absolute Gasteiger partial charge is 0.493 e. The van der Waals surface area contributed by atoms with E-state index in [1.54, 1.807) is 25.1 Å². The number of rotatable bonds is 16. The van der Waals surface area contributed by atoms with E-state index in [0.717, 1.165) is 18.2 Å². The highest BCUT2D eigenvalue weighted by Crippen LogP contribution is 2.42. The molecule has 234 valence electrons. The van der Waals surface area contributed by atoms with Crippen LogP contribution in [0.4, 0.5) is 29.1 Å². The van der Waals surface area contributed by atoms with Crippen molar-refractivity contribution < 1.29 is 45.0 Å². The van der Waals surface area contributed by atoms with Crippen LogP contribution in [0, 0.1) is 5.92 Å². The molecule has 0 aliphatic heterocycles. The molecule has 3 rings (SSSR count). The molecule has 1 aromatic heterocycles. The normalized spacial score (nSPS) is 15.0. The van der Waals surface area contributed by atoms with Crippen LogP contribution in [0.1, 0.15) is 61.1 Å². The Morgan fingerprint density at radius 2 is 1.90 bits per heavy atom. The molecule has 42 heavy (non-hydrogen) atoms. The van der Waals surface area contributed by atoms with E-state index >= 15 is 0 Å². The number of alkyl halides is 4. The number of halogens is 4. The fourth-order valence-corrected chi connectivity index (χ4v) is 5.19. The fraction of sp³-hybridized carbons (Fsp3) is 0.593. The third-order valence-electron chi connectivity index (χ3n) is 6.50. The minimum absolute atomic E-state index is 0.00152. The number of hydrogen-bond acceptors (Lipinski definition) is 7. The molecule has 0 saturated heterocycles. The van der Waals surface area contributed by atoms with Gasteiger partial charge in [-0.1, -0.05) is 20.3 Å². The van der Waals surface area contributed by atoms with Crippen LogP contribution in [0.15, 0.2) is 18.2 Å². The minimum atomic E-state index is -3.69. The number of carbonyl (C=O) groups excluding carboxylic acids is 2. The summed E-state index contributed by atoms with van der Waals surface area (Å²) in [5.74, 6) is -4.80. The highest BCUT2D eigenvalue weighted by Gasteiger charge is 2.45. The van der Waals surface area contributed by atoms with Crippen LogP contribution >= 0.6 is 0 Å². The van der Waals surface area contributed by atoms with Crippen molar-refractivity contribution in [1.29, 1.82) is 0 Å². The number of amides is 2. The Labute approximate surface area is 242 Å². The molecule has 2 N–H and O–H groups in total. The van der Waals surface area contributed by atoms with E-state index in [1.165, 1.54) is 4.68 Å². The average Bonchev–Trinajstić information content (AvgIpc) is 3.21. The summed E-state index contributed by atoms with van der Waals surface area (Å²) in [5.41, 5.74) is 1.49. The summed E-state index contributed by atoms with van der Waals surface area (Å²) < 4.78 is 85.7. The number of ether oxygens (including phenoxy) is 2. The van der Waals surface area contributed by atoms with Gasteiger partial charge in [0.1, 0.15) is 22.9 Å². The quantitative estimate of drug-likeness (QED) is 0.206. The Morgan fingerprint density at radius 3 is 2.50 bits per heavy atom. The first-order valence-corrected chi connectivity index (χ1v) is 15.7. The zero-order valence-electron chi connectivity index (χ0n) is 23.7. The number of hydrogen-bond donors (Lipinski definition) is 2. The highest BCUT2D eigenvalue weighted by atomic mass is 32.2. The van der Waals surface area contributed by atoms with Crippen LogP contribution in [-0.4, -0.2) is 67.8 Å². The fourth-order valence-electron chi connectivity index (χ4n) is 4.64. The van der Waals surface area contributed by atoms with Gasteiger partial charge in [-0.2, -0.15) is 13.9 Å². The van der Waals surface area contributed by atoms with Gasteiger partial charge in [0.2, 0.25) is 11.8 Å². The highest BCUT2D eigenvalue weighted by molar-refractivity contribution is 7.91. The number of sulfone groups is 1. The smallest absolute Gasteiger partial charge is 0.345 e. The van der Waals surface area contributed by atoms with E-state index in [0.29, 0.717) is 23.6 Å². The van der Waals surface area contributed by atoms with Crippen molar-refractivity contribution >= 4 is 33.2 Å². The Morgan fingerprint density at radius 1 is 1.19 bits per heavy atom. The molecule has 0 atom stereocenters. The van der Waals surface area contributed by atoms with Gasteiger partial charge in [0.05, 0.1) is 18.9 Å². The van der Waals surface area contributed by atoms with Gasteiger partial charge >= 0.3 is 6.61 Å². The number of nitrogens with zero attached hydrogens (tertiary/aromatic N) is 2. The summed E-state index contributed by atoms with van der Waals surface area (Å²) in [6.45, 7) is 0.572. The molecule has 15 heteroatoms. The minimum Gasteiger partial charge on any atom is -0.493 e. The van der Waals surface area contributed by atoms with Crippen LogP contribution in [0.3, 0.4) is 0 Å². The number of aryl methyl sites for hydroxylation is 3. The predicted molar refractivity (Wildman–Crippen MR) is 148 cm³/mol. The standard InChI is InChI=1S/C27H36F4N4O6S/c1-4-7-18-12-19(41-15-17-13-27(30,31)14-17)8-9-21(18)32-25(37)23-20(5-2)34-35(10-6-11-40-26(28)29)24(23)33-22(36)16-42(3,38)39/h8-9,12,17,26H,4-7,10-11,13-16H2,1-3H3,(H,32,37)(H,33,36). The van der Waals surface area contributed by atoms with Crippen LogP contribution in [0.2, 0.25) is 0 Å². The SMILES string of the molecule is CCCc1cc(OCC2CC(F)(F)C2)ccc1NC(=O)c1c(CC)nn(CCCOC(F)F)c1NC(=O)CS(C)(=O)=O. The Kier molecular flexibility index (Phi) is 11.4. The first-order valence-electron chi connectivity index (χ1n) is 13.6. The third-order valence-corrected chi connectivity index (χ3v) is 7.29. The molecule has 1 aromatic carbocycles. The van der Waals surface area contributed by atoms with Crippen LogP contribution < -0.4 is 15.4 Å². The molecule has 2 amide bonds. The van der Waals surface area contributed by atoms with Crippen molar-refractivity contribution in [3.05, 3.63) is 35.0 Å². The summed E-state index contributed by atoms with van der Waals surface area (Å²) in [7, 11) is -3.69. The Hall–Kier alpha value is -3.20. The molecule has 0 bridgehead atoms. The lowest BCUT2D eigenvalue weighted by molar-refractivity contribution is -0.129. The van der Waals surface area contributed by atoms with Crippen molar-refractivity contribution in [3.8, 4) is 5.75 Å². The number of anilines is 2. The molecule has 10 nitrogen and oxygen atoms in total. The van der Waals surface area contributed by atoms with E-state index < -0.39 is 39.9 Å². The number of nitrogens with one attached hydrogen (secondary N) is 2. The van der Waals surface area contributed by atoms with Crippen molar-refractivity contribution in [3.63, 3.8) is 0 Å². The molecule has 1 aliphatic rings. The Bertz CT molecular complexity index is 1360. The van der Waals surface area contributed by atoms with Gasteiger partial charge in [0, 0.05) is 37.2 Å². The molecule has 0 unspecified atom stereocenters. The maximum atomic E-state index is 13.6. The zero-order valence-corrected chi connectivity index (χ0v) is 24.5. The molecule has 1 heterocycles. The third kappa shape index (κ3) is 9.68. The first kappa shape index (κ1) is 33.3. The molecule has 1 fully saturated rings. The van der Waals surface area contributed by atoms with E-state index in [2.05, 4.69) is 20.5 Å². The van der Waals surface area contributed by atoms with E-state index in [9.17, 15) is 35.6 Å². The van der Waals surface area contributed by atoms with E-state index in [4.69, 9.17) is 4.74 Å². The molecule has 0 radical (unpaired) electrons. The van der Waals surface area contributed by atoms with Gasteiger partial charge in [-0.25, -0.2) is 21.9 Å². The summed E-state index contributed by atoms with van der Waals surface area (Å²) in [6.07, 6.45) is 2.11. The van der Waals surface area contributed by atoms with Crippen molar-refractivity contribution in [1.82, 2.24) is 9.78 Å². The lowest BCUT2D eigenvalue weighted by Crippen LogP contribution is -2.38. The first-order chi connectivity index (χ1) is 19.7. The lowest BCUT2D eigenvalue weighted by Gasteiger charge is -2.34. The number of carbonyl (C=O) groups is 2. The van der Waals surface area contributed by atoms with Gasteiger partial charge in [-0.05, 0) is 43.0 Å². The van der Waals surface area contributed by atoms with Crippen molar-refractivity contribution in [2.24, 2.45) is 5.92 Å². The monoisotopic (exact) mass is 620 g/mol. The van der Waals surface area contributed by atoms with E-state index in [1.807, 2.05) is 6.92 Å². The molecule has 1 aliphatic carbocycles. The summed E-state index contributed by atoms with van der Waals surface area (Å²) in [5, 5.41) is 9.66. The Balaban J connectivity index is 1.85. The summed E-state index contributed by atoms with van der Waals surface area (Å²) in [4.78, 5) is 26.2. The number of benzene rings is 1.